The van der Waals surface area contributed by atoms with E-state index in [0.717, 1.165) is 16.9 Å². The highest BCUT2D eigenvalue weighted by Crippen LogP contribution is 2.44. The molecule has 1 aromatic rings. The molecule has 2 unspecified atom stereocenters. The lowest BCUT2D eigenvalue weighted by Crippen LogP contribution is -2.29. The molecule has 0 amide bonds. The SMILES string of the molecule is COc1ccc(C(C)(C)C(=O)O)c(C2OC2C)c1. The predicted molar refractivity (Wildman–Crippen MR) is 66.9 cm³/mol. The molecule has 0 aromatic heterocycles. The average Bonchev–Trinajstić information content (AvgIpc) is 3.05. The Bertz CT molecular complexity index is 479. The molecule has 1 fully saturated rings. The number of carboxylic acids is 1. The number of carboxylic acid groups (broad SMARTS) is 1. The van der Waals surface area contributed by atoms with Crippen LogP contribution in [-0.2, 0) is 14.9 Å². The van der Waals surface area contributed by atoms with E-state index in [0.29, 0.717) is 0 Å². The molecule has 4 nitrogen and oxygen atoms in total. The van der Waals surface area contributed by atoms with E-state index in [9.17, 15) is 9.90 Å². The highest BCUT2D eigenvalue weighted by Gasteiger charge is 2.42. The summed E-state index contributed by atoms with van der Waals surface area (Å²) in [6.45, 7) is 5.38. The number of rotatable bonds is 4. The minimum atomic E-state index is -0.937. The number of methoxy groups -OCH3 is 1. The molecule has 1 heterocycles. The van der Waals surface area contributed by atoms with E-state index in [1.807, 2.05) is 19.1 Å². The van der Waals surface area contributed by atoms with E-state index in [1.165, 1.54) is 0 Å². The van der Waals surface area contributed by atoms with Crippen molar-refractivity contribution in [3.05, 3.63) is 29.3 Å². The number of hydrogen-bond donors (Lipinski definition) is 1. The summed E-state index contributed by atoms with van der Waals surface area (Å²) >= 11 is 0. The van der Waals surface area contributed by atoms with Crippen LogP contribution in [0.3, 0.4) is 0 Å². The van der Waals surface area contributed by atoms with Crippen LogP contribution in [0.2, 0.25) is 0 Å². The zero-order valence-corrected chi connectivity index (χ0v) is 11.1. The smallest absolute Gasteiger partial charge is 0.313 e. The molecule has 1 aromatic carbocycles. The van der Waals surface area contributed by atoms with Crippen LogP contribution >= 0.6 is 0 Å². The Labute approximate surface area is 107 Å². The van der Waals surface area contributed by atoms with E-state index in [-0.39, 0.29) is 12.2 Å². The molecule has 0 bridgehead atoms. The Morgan fingerprint density at radius 1 is 1.44 bits per heavy atom. The second-order valence-electron chi connectivity index (χ2n) is 5.15. The van der Waals surface area contributed by atoms with Gasteiger partial charge in [-0.3, -0.25) is 4.79 Å². The first-order valence-electron chi connectivity index (χ1n) is 5.95. The second-order valence-corrected chi connectivity index (χ2v) is 5.15. The number of benzene rings is 1. The Morgan fingerprint density at radius 2 is 2.06 bits per heavy atom. The van der Waals surface area contributed by atoms with Gasteiger partial charge >= 0.3 is 5.97 Å². The molecule has 0 spiro atoms. The Morgan fingerprint density at radius 3 is 2.50 bits per heavy atom. The molecule has 18 heavy (non-hydrogen) atoms. The van der Waals surface area contributed by atoms with Gasteiger partial charge < -0.3 is 14.6 Å². The molecular formula is C14H18O4. The van der Waals surface area contributed by atoms with Gasteiger partial charge in [0.1, 0.15) is 11.9 Å². The molecule has 2 atom stereocenters. The fourth-order valence-electron chi connectivity index (χ4n) is 2.10. The van der Waals surface area contributed by atoms with Gasteiger partial charge in [-0.25, -0.2) is 0 Å². The Balaban J connectivity index is 2.50. The van der Waals surface area contributed by atoms with Crippen LogP contribution in [0.4, 0.5) is 0 Å². The van der Waals surface area contributed by atoms with Crippen LogP contribution in [0.1, 0.15) is 38.0 Å². The first-order valence-corrected chi connectivity index (χ1v) is 5.95. The van der Waals surface area contributed by atoms with Crippen molar-refractivity contribution in [2.45, 2.75) is 38.4 Å². The number of aliphatic carboxylic acids is 1. The van der Waals surface area contributed by atoms with Crippen molar-refractivity contribution in [3.63, 3.8) is 0 Å². The number of epoxide rings is 1. The molecule has 0 saturated carbocycles. The molecule has 4 heteroatoms. The van der Waals surface area contributed by atoms with Gasteiger partial charge in [0.2, 0.25) is 0 Å². The molecule has 0 radical (unpaired) electrons. The molecule has 2 rings (SSSR count). The molecule has 1 N–H and O–H groups in total. The summed E-state index contributed by atoms with van der Waals surface area (Å²) in [5, 5.41) is 9.34. The van der Waals surface area contributed by atoms with E-state index in [2.05, 4.69) is 0 Å². The quantitative estimate of drug-likeness (QED) is 0.834. The first-order chi connectivity index (χ1) is 8.37. The summed E-state index contributed by atoms with van der Waals surface area (Å²) in [7, 11) is 1.60. The first kappa shape index (κ1) is 12.9. The van der Waals surface area contributed by atoms with E-state index >= 15 is 0 Å². The van der Waals surface area contributed by atoms with Crippen LogP contribution in [0, 0.1) is 0 Å². The molecule has 98 valence electrons. The topological polar surface area (TPSA) is 59.1 Å². The maximum absolute atomic E-state index is 11.4. The zero-order chi connectivity index (χ0) is 13.5. The molecule has 1 aliphatic rings. The van der Waals surface area contributed by atoms with Gasteiger partial charge in [-0.1, -0.05) is 6.07 Å². The lowest BCUT2D eigenvalue weighted by atomic mass is 9.80. The summed E-state index contributed by atoms with van der Waals surface area (Å²) in [5.74, 6) is -0.125. The third kappa shape index (κ3) is 2.08. The summed E-state index contributed by atoms with van der Waals surface area (Å²) in [6, 6.07) is 5.47. The molecule has 1 aliphatic heterocycles. The van der Waals surface area contributed by atoms with Crippen LogP contribution in [-0.4, -0.2) is 24.3 Å². The number of carbonyl (C=O) groups is 1. The third-order valence-corrected chi connectivity index (χ3v) is 3.48. The summed E-state index contributed by atoms with van der Waals surface area (Å²) < 4.78 is 10.7. The van der Waals surface area contributed by atoms with Gasteiger partial charge in [-0.05, 0) is 44.0 Å². The highest BCUT2D eigenvalue weighted by atomic mass is 16.6. The van der Waals surface area contributed by atoms with Crippen LogP contribution in [0.25, 0.3) is 0 Å². The van der Waals surface area contributed by atoms with Crippen molar-refractivity contribution in [2.75, 3.05) is 7.11 Å². The van der Waals surface area contributed by atoms with Gasteiger partial charge in [0.05, 0.1) is 18.6 Å². The number of ether oxygens (including phenoxy) is 2. The van der Waals surface area contributed by atoms with Gasteiger partial charge in [0.15, 0.2) is 0 Å². The van der Waals surface area contributed by atoms with Crippen molar-refractivity contribution >= 4 is 5.97 Å². The van der Waals surface area contributed by atoms with Gasteiger partial charge in [0.25, 0.3) is 0 Å². The molecule has 0 aliphatic carbocycles. The van der Waals surface area contributed by atoms with Crippen LogP contribution < -0.4 is 4.74 Å². The fourth-order valence-corrected chi connectivity index (χ4v) is 2.10. The van der Waals surface area contributed by atoms with Crippen LogP contribution in [0.5, 0.6) is 5.75 Å². The van der Waals surface area contributed by atoms with Crippen molar-refractivity contribution in [3.8, 4) is 5.75 Å². The lowest BCUT2D eigenvalue weighted by molar-refractivity contribution is -0.142. The van der Waals surface area contributed by atoms with Crippen molar-refractivity contribution in [1.82, 2.24) is 0 Å². The molecular weight excluding hydrogens is 232 g/mol. The third-order valence-electron chi connectivity index (χ3n) is 3.48. The normalized spacial score (nSPS) is 22.7. The average molecular weight is 250 g/mol. The number of hydrogen-bond acceptors (Lipinski definition) is 3. The Hall–Kier alpha value is -1.55. The summed E-state index contributed by atoms with van der Waals surface area (Å²) in [4.78, 5) is 11.4. The maximum atomic E-state index is 11.4. The minimum Gasteiger partial charge on any atom is -0.497 e. The maximum Gasteiger partial charge on any atom is 0.313 e. The Kier molecular flexibility index (Phi) is 3.07. The summed E-state index contributed by atoms with van der Waals surface area (Å²) in [6.07, 6.45) is 0.120. The van der Waals surface area contributed by atoms with Crippen molar-refractivity contribution < 1.29 is 19.4 Å². The van der Waals surface area contributed by atoms with Gasteiger partial charge in [0, 0.05) is 0 Å². The van der Waals surface area contributed by atoms with Gasteiger partial charge in [-0.15, -0.1) is 0 Å². The molecule has 1 saturated heterocycles. The highest BCUT2D eigenvalue weighted by molar-refractivity contribution is 5.81. The zero-order valence-electron chi connectivity index (χ0n) is 11.1. The lowest BCUT2D eigenvalue weighted by Gasteiger charge is -2.23. The van der Waals surface area contributed by atoms with E-state index in [4.69, 9.17) is 9.47 Å². The van der Waals surface area contributed by atoms with E-state index < -0.39 is 11.4 Å². The largest absolute Gasteiger partial charge is 0.497 e. The predicted octanol–water partition coefficient (Wildman–Crippen LogP) is 2.52. The second kappa shape index (κ2) is 4.28. The van der Waals surface area contributed by atoms with Crippen LogP contribution in [0.15, 0.2) is 18.2 Å². The summed E-state index contributed by atoms with van der Waals surface area (Å²) in [5.41, 5.74) is 0.757. The van der Waals surface area contributed by atoms with E-state index in [1.54, 1.807) is 27.0 Å². The minimum absolute atomic E-state index is 0.0197. The van der Waals surface area contributed by atoms with Crippen molar-refractivity contribution in [1.29, 1.82) is 0 Å². The van der Waals surface area contributed by atoms with Crippen molar-refractivity contribution in [2.24, 2.45) is 0 Å². The fraction of sp³-hybridized carbons (Fsp3) is 0.500. The van der Waals surface area contributed by atoms with Gasteiger partial charge in [-0.2, -0.15) is 0 Å². The monoisotopic (exact) mass is 250 g/mol. The standard InChI is InChI=1S/C14H18O4/c1-8-12(18-8)10-7-9(17-4)5-6-11(10)14(2,3)13(15)16/h5-8,12H,1-4H3,(H,15,16).